The average Bonchev–Trinajstić information content (AvgIpc) is 2.78. The maximum absolute atomic E-state index is 12.1. The van der Waals surface area contributed by atoms with Crippen LogP contribution in [0.2, 0.25) is 0 Å². The minimum absolute atomic E-state index is 0.107. The highest BCUT2D eigenvalue weighted by atomic mass is 32.2. The number of hydrogen-bond acceptors (Lipinski definition) is 4. The quantitative estimate of drug-likeness (QED) is 0.659. The molecule has 1 amide bonds. The van der Waals surface area contributed by atoms with Crippen molar-refractivity contribution in [3.8, 4) is 12.3 Å². The summed E-state index contributed by atoms with van der Waals surface area (Å²) in [7, 11) is 0. The van der Waals surface area contributed by atoms with Crippen LogP contribution in [0.5, 0.6) is 0 Å². The molecule has 0 saturated heterocycles. The first-order chi connectivity index (χ1) is 9.65. The van der Waals surface area contributed by atoms with E-state index in [1.54, 1.807) is 11.8 Å². The first-order valence-electron chi connectivity index (χ1n) is 6.22. The van der Waals surface area contributed by atoms with Gasteiger partial charge >= 0.3 is 0 Å². The molecule has 0 saturated carbocycles. The Morgan fingerprint density at radius 1 is 1.55 bits per heavy atom. The van der Waals surface area contributed by atoms with Gasteiger partial charge in [-0.2, -0.15) is 0 Å². The van der Waals surface area contributed by atoms with Crippen LogP contribution in [0, 0.1) is 19.3 Å². The number of carbonyl (C=O) groups excluding carboxylic acids is 1. The van der Waals surface area contributed by atoms with E-state index < -0.39 is 0 Å². The zero-order valence-electron chi connectivity index (χ0n) is 11.2. The molecule has 1 aromatic heterocycles. The minimum atomic E-state index is -0.107. The summed E-state index contributed by atoms with van der Waals surface area (Å²) in [6.45, 7) is 2.62. The molecule has 104 valence electrons. The van der Waals surface area contributed by atoms with Gasteiger partial charge in [0.15, 0.2) is 0 Å². The van der Waals surface area contributed by atoms with Gasteiger partial charge in [-0.25, -0.2) is 0 Å². The first kappa shape index (κ1) is 14.8. The molecule has 2 aromatic rings. The first-order valence-corrected chi connectivity index (χ1v) is 8.19. The molecule has 5 heteroatoms. The zero-order chi connectivity index (χ0) is 14.5. The Morgan fingerprint density at radius 3 is 3.05 bits per heavy atom. The number of benzene rings is 1. The van der Waals surface area contributed by atoms with Crippen molar-refractivity contribution < 1.29 is 4.79 Å². The monoisotopic (exact) mass is 304 g/mol. The summed E-state index contributed by atoms with van der Waals surface area (Å²) in [6, 6.07) is 5.93. The third-order valence-corrected chi connectivity index (χ3v) is 5.09. The topological polar surface area (TPSA) is 55.1 Å². The Hall–Kier alpha value is -1.64. The summed E-state index contributed by atoms with van der Waals surface area (Å²) in [5.41, 5.74) is 7.79. The third-order valence-electron chi connectivity index (χ3n) is 2.87. The molecule has 0 aliphatic rings. The Kier molecular flexibility index (Phi) is 4.94. The highest BCUT2D eigenvalue weighted by Crippen LogP contribution is 2.35. The molecular formula is C15H16N2OS2. The number of fused-ring (bicyclic) bond motifs is 1. The number of nitrogens with one attached hydrogen (secondary N) is 1. The fourth-order valence-corrected chi connectivity index (χ4v) is 3.51. The molecule has 0 aliphatic heterocycles. The normalized spacial score (nSPS) is 10.4. The molecule has 2 rings (SSSR count). The van der Waals surface area contributed by atoms with E-state index in [-0.39, 0.29) is 5.91 Å². The predicted octanol–water partition coefficient (Wildman–Crippen LogP) is 2.89. The molecule has 0 aliphatic carbocycles. The van der Waals surface area contributed by atoms with Crippen LogP contribution in [-0.4, -0.2) is 24.0 Å². The van der Waals surface area contributed by atoms with Gasteiger partial charge in [0.1, 0.15) is 4.88 Å². The summed E-state index contributed by atoms with van der Waals surface area (Å²) >= 11 is 3.07. The van der Waals surface area contributed by atoms with Gasteiger partial charge in [-0.05, 0) is 12.5 Å². The fourth-order valence-electron chi connectivity index (χ4n) is 1.90. The zero-order valence-corrected chi connectivity index (χ0v) is 12.9. The van der Waals surface area contributed by atoms with Gasteiger partial charge in [0.25, 0.3) is 5.91 Å². The predicted molar refractivity (Wildman–Crippen MR) is 89.5 cm³/mol. The number of rotatable bonds is 5. The smallest absolute Gasteiger partial charge is 0.263 e. The highest BCUT2D eigenvalue weighted by molar-refractivity contribution is 7.99. The lowest BCUT2D eigenvalue weighted by Crippen LogP contribution is -2.25. The van der Waals surface area contributed by atoms with Crippen molar-refractivity contribution in [1.82, 2.24) is 5.32 Å². The number of aryl methyl sites for hydroxylation is 1. The number of terminal acetylenes is 1. The van der Waals surface area contributed by atoms with E-state index in [1.165, 1.54) is 11.3 Å². The second-order valence-corrected chi connectivity index (χ2v) is 6.43. The number of carbonyl (C=O) groups is 1. The summed E-state index contributed by atoms with van der Waals surface area (Å²) in [6.07, 6.45) is 5.17. The standard InChI is InChI=1S/C15H16N2OS2/c1-3-8-19-9-7-17-15(18)14-12(16)11-6-4-5-10(2)13(11)20-14/h1,4-6H,7-9,16H2,2H3,(H,17,18). The summed E-state index contributed by atoms with van der Waals surface area (Å²) < 4.78 is 1.08. The van der Waals surface area contributed by atoms with E-state index in [2.05, 4.69) is 11.2 Å². The SMILES string of the molecule is C#CCSCCNC(=O)c1sc2c(C)cccc2c1N. The van der Waals surface area contributed by atoms with Crippen molar-refractivity contribution in [2.75, 3.05) is 23.8 Å². The van der Waals surface area contributed by atoms with Crippen LogP contribution in [0.4, 0.5) is 5.69 Å². The molecule has 1 heterocycles. The second-order valence-electron chi connectivity index (χ2n) is 4.31. The van der Waals surface area contributed by atoms with Crippen LogP contribution in [-0.2, 0) is 0 Å². The van der Waals surface area contributed by atoms with Gasteiger partial charge in [0, 0.05) is 22.4 Å². The van der Waals surface area contributed by atoms with Crippen molar-refractivity contribution in [1.29, 1.82) is 0 Å². The van der Waals surface area contributed by atoms with Gasteiger partial charge in [0.05, 0.1) is 11.4 Å². The van der Waals surface area contributed by atoms with Gasteiger partial charge in [0.2, 0.25) is 0 Å². The van der Waals surface area contributed by atoms with Crippen LogP contribution < -0.4 is 11.1 Å². The van der Waals surface area contributed by atoms with Crippen molar-refractivity contribution in [3.05, 3.63) is 28.6 Å². The molecule has 0 atom stereocenters. The van der Waals surface area contributed by atoms with Gasteiger partial charge in [-0.1, -0.05) is 24.1 Å². The Bertz CT molecular complexity index is 670. The molecule has 0 unspecified atom stereocenters. The van der Waals surface area contributed by atoms with E-state index in [9.17, 15) is 4.79 Å². The lowest BCUT2D eigenvalue weighted by atomic mass is 10.1. The second kappa shape index (κ2) is 6.69. The maximum Gasteiger partial charge on any atom is 0.263 e. The number of anilines is 1. The number of nitrogens with two attached hydrogens (primary N) is 1. The summed E-state index contributed by atoms with van der Waals surface area (Å²) in [5, 5.41) is 3.84. The van der Waals surface area contributed by atoms with Crippen LogP contribution in [0.25, 0.3) is 10.1 Å². The van der Waals surface area contributed by atoms with Crippen molar-refractivity contribution >= 4 is 44.8 Å². The molecule has 3 nitrogen and oxygen atoms in total. The molecule has 0 radical (unpaired) electrons. The molecule has 0 fully saturated rings. The van der Waals surface area contributed by atoms with Crippen molar-refractivity contribution in [2.45, 2.75) is 6.92 Å². The van der Waals surface area contributed by atoms with Gasteiger partial charge in [-0.3, -0.25) is 4.79 Å². The fraction of sp³-hybridized carbons (Fsp3) is 0.267. The highest BCUT2D eigenvalue weighted by Gasteiger charge is 2.16. The summed E-state index contributed by atoms with van der Waals surface area (Å²) in [5.74, 6) is 3.92. The van der Waals surface area contributed by atoms with E-state index >= 15 is 0 Å². The van der Waals surface area contributed by atoms with Crippen LogP contribution >= 0.6 is 23.1 Å². The Morgan fingerprint density at radius 2 is 2.35 bits per heavy atom. The molecule has 0 spiro atoms. The van der Waals surface area contributed by atoms with E-state index in [4.69, 9.17) is 12.2 Å². The largest absolute Gasteiger partial charge is 0.397 e. The van der Waals surface area contributed by atoms with Crippen LogP contribution in [0.1, 0.15) is 15.2 Å². The molecule has 3 N–H and O–H groups in total. The number of nitrogen functional groups attached to an aromatic ring is 1. The molecule has 20 heavy (non-hydrogen) atoms. The Balaban J connectivity index is 2.09. The van der Waals surface area contributed by atoms with E-state index in [0.29, 0.717) is 22.9 Å². The number of hydrogen-bond donors (Lipinski definition) is 2. The number of thiophene rings is 1. The van der Waals surface area contributed by atoms with Crippen LogP contribution in [0.3, 0.4) is 0 Å². The van der Waals surface area contributed by atoms with E-state index in [1.807, 2.05) is 25.1 Å². The Labute approximate surface area is 126 Å². The van der Waals surface area contributed by atoms with Crippen molar-refractivity contribution in [3.63, 3.8) is 0 Å². The molecule has 0 bridgehead atoms. The van der Waals surface area contributed by atoms with Gasteiger partial charge in [-0.15, -0.1) is 29.5 Å². The molecule has 1 aromatic carbocycles. The lowest BCUT2D eigenvalue weighted by Gasteiger charge is -2.03. The lowest BCUT2D eigenvalue weighted by molar-refractivity contribution is 0.0961. The van der Waals surface area contributed by atoms with Crippen molar-refractivity contribution in [2.24, 2.45) is 0 Å². The number of amides is 1. The average molecular weight is 304 g/mol. The molecular weight excluding hydrogens is 288 g/mol. The van der Waals surface area contributed by atoms with E-state index in [0.717, 1.165) is 21.4 Å². The third kappa shape index (κ3) is 3.09. The van der Waals surface area contributed by atoms with Gasteiger partial charge < -0.3 is 11.1 Å². The maximum atomic E-state index is 12.1. The summed E-state index contributed by atoms with van der Waals surface area (Å²) in [4.78, 5) is 12.7. The van der Waals surface area contributed by atoms with Crippen LogP contribution in [0.15, 0.2) is 18.2 Å². The number of thioether (sulfide) groups is 1. The minimum Gasteiger partial charge on any atom is -0.397 e.